The Balaban J connectivity index is 0.965. The van der Waals surface area contributed by atoms with Gasteiger partial charge in [0.1, 0.15) is 17.6 Å². The summed E-state index contributed by atoms with van der Waals surface area (Å²) in [6.45, 7) is -0.0953. The minimum atomic E-state index is -0.408. The van der Waals surface area contributed by atoms with Gasteiger partial charge in [0, 0.05) is 28.4 Å². The van der Waals surface area contributed by atoms with Gasteiger partial charge in [0.2, 0.25) is 5.75 Å². The lowest BCUT2D eigenvalue weighted by molar-refractivity contribution is 0.0935. The highest BCUT2D eigenvalue weighted by Gasteiger charge is 2.25. The second-order valence-electron chi connectivity index (χ2n) is 13.1. The van der Waals surface area contributed by atoms with Crippen molar-refractivity contribution in [2.24, 2.45) is 0 Å². The summed E-state index contributed by atoms with van der Waals surface area (Å²) in [6.07, 6.45) is 4.20. The smallest absolute Gasteiger partial charge is 0.255 e. The fraction of sp³-hybridized carbons (Fsp3) is 0.333. The molecule has 1 amide bonds. The van der Waals surface area contributed by atoms with Crippen LogP contribution in [0.3, 0.4) is 0 Å². The molecule has 13 heteroatoms. The first kappa shape index (κ1) is 39.1. The lowest BCUT2D eigenvalue weighted by Gasteiger charge is -2.28. The van der Waals surface area contributed by atoms with Crippen molar-refractivity contribution >= 4 is 11.6 Å². The van der Waals surface area contributed by atoms with Crippen LogP contribution in [0.5, 0.6) is 23.0 Å². The van der Waals surface area contributed by atoms with Crippen LogP contribution in [0.25, 0.3) is 22.6 Å². The number of para-hydroxylation sites is 1. The van der Waals surface area contributed by atoms with E-state index in [1.807, 2.05) is 36.4 Å². The lowest BCUT2D eigenvalue weighted by Crippen LogP contribution is -2.38. The van der Waals surface area contributed by atoms with Crippen LogP contribution < -0.4 is 29.6 Å². The van der Waals surface area contributed by atoms with Gasteiger partial charge in [-0.1, -0.05) is 42.6 Å². The maximum Gasteiger partial charge on any atom is 0.255 e. The van der Waals surface area contributed by atoms with E-state index in [1.165, 1.54) is 0 Å². The number of amides is 1. The Bertz CT molecular complexity index is 2030. The fourth-order valence-electron chi connectivity index (χ4n) is 6.65. The molecule has 55 heavy (non-hydrogen) atoms. The number of unbranched alkanes of at least 4 members (excludes halogenated alkanes) is 4. The first-order valence-corrected chi connectivity index (χ1v) is 18.3. The normalized spacial score (nSPS) is 13.5. The average Bonchev–Trinajstić information content (AvgIpc) is 3.73. The van der Waals surface area contributed by atoms with Gasteiger partial charge in [-0.3, -0.25) is 4.79 Å². The third-order valence-corrected chi connectivity index (χ3v) is 9.61. The Kier molecular flexibility index (Phi) is 13.2. The number of aromatic nitrogens is 1. The molecule has 0 saturated carbocycles. The molecule has 6 rings (SSSR count). The van der Waals surface area contributed by atoms with Gasteiger partial charge in [0.15, 0.2) is 17.3 Å². The van der Waals surface area contributed by atoms with E-state index in [9.17, 15) is 25.2 Å². The zero-order valence-corrected chi connectivity index (χ0v) is 31.0. The molecule has 13 nitrogen and oxygen atoms in total. The molecular weight excluding hydrogens is 706 g/mol. The summed E-state index contributed by atoms with van der Waals surface area (Å²) in [5.41, 5.74) is 6.14. The highest BCUT2D eigenvalue weighted by atomic mass is 16.5. The van der Waals surface area contributed by atoms with E-state index in [0.29, 0.717) is 86.6 Å². The molecule has 0 bridgehead atoms. The van der Waals surface area contributed by atoms with Crippen LogP contribution in [-0.2, 0) is 26.4 Å². The molecular formula is C42H47N3O10. The van der Waals surface area contributed by atoms with Crippen molar-refractivity contribution in [2.75, 3.05) is 32.8 Å². The fourth-order valence-corrected chi connectivity index (χ4v) is 6.65. The second-order valence-corrected chi connectivity index (χ2v) is 13.1. The second kappa shape index (κ2) is 18.6. The molecule has 1 aliphatic rings. The van der Waals surface area contributed by atoms with Gasteiger partial charge in [-0.15, -0.1) is 0 Å². The predicted molar refractivity (Wildman–Crippen MR) is 205 cm³/mol. The van der Waals surface area contributed by atoms with Gasteiger partial charge in [-0.25, -0.2) is 0 Å². The molecule has 0 spiro atoms. The molecule has 1 unspecified atom stereocenters. The van der Waals surface area contributed by atoms with E-state index >= 15 is 0 Å². The number of hydrogen-bond acceptors (Lipinski definition) is 12. The van der Waals surface area contributed by atoms with E-state index < -0.39 is 6.17 Å². The van der Waals surface area contributed by atoms with Crippen molar-refractivity contribution in [3.63, 3.8) is 0 Å². The highest BCUT2D eigenvalue weighted by molar-refractivity contribution is 6.01. The molecule has 1 aliphatic heterocycles. The molecule has 4 aromatic carbocycles. The number of carbonyl (C=O) groups excluding carboxylic acids is 1. The van der Waals surface area contributed by atoms with E-state index in [2.05, 4.69) is 15.8 Å². The number of nitrogens with one attached hydrogen (secondary N) is 2. The summed E-state index contributed by atoms with van der Waals surface area (Å²) in [7, 11) is 3.11. The van der Waals surface area contributed by atoms with E-state index in [0.717, 1.165) is 43.4 Å². The third kappa shape index (κ3) is 9.03. The van der Waals surface area contributed by atoms with Crippen LogP contribution >= 0.6 is 0 Å². The van der Waals surface area contributed by atoms with Crippen LogP contribution in [0, 0.1) is 0 Å². The first-order valence-electron chi connectivity index (χ1n) is 18.3. The number of aliphatic hydroxyl groups excluding tert-OH is 4. The standard InChI is InChI=1S/C42H47N3O10/c1-51-38-19-27(35-21-37(55-45-35)28-17-29(22-46)33(25-49)30(18-28)23-47)20-39(52-2)40(38)54-15-9-5-3-4-8-14-53-36-13-12-26(16-31(36)24-48)41-43-34-11-7-6-10-32(34)42(50)44-41/h6-7,10-13,16-21,41,43,46-49H,3-5,8-9,14-15,22-25H2,1-2H3,(H,44,50). The topological polar surface area (TPSA) is 185 Å². The van der Waals surface area contributed by atoms with Crippen molar-refractivity contribution in [1.29, 1.82) is 0 Å². The molecule has 1 aromatic heterocycles. The average molecular weight is 754 g/mol. The number of carbonyl (C=O) groups is 1. The first-order chi connectivity index (χ1) is 26.9. The minimum Gasteiger partial charge on any atom is -0.493 e. The Hall–Kier alpha value is -5.60. The third-order valence-electron chi connectivity index (χ3n) is 9.61. The highest BCUT2D eigenvalue weighted by Crippen LogP contribution is 2.42. The zero-order valence-electron chi connectivity index (χ0n) is 31.0. The monoisotopic (exact) mass is 753 g/mol. The predicted octanol–water partition coefficient (Wildman–Crippen LogP) is 6.26. The van der Waals surface area contributed by atoms with Crippen molar-refractivity contribution in [2.45, 2.75) is 64.7 Å². The summed E-state index contributed by atoms with van der Waals surface area (Å²) >= 11 is 0. The van der Waals surface area contributed by atoms with Crippen LogP contribution in [0.2, 0.25) is 0 Å². The number of benzene rings is 4. The maximum absolute atomic E-state index is 12.6. The van der Waals surface area contributed by atoms with Gasteiger partial charge in [-0.05, 0) is 83.6 Å². The number of aliphatic hydroxyl groups is 4. The van der Waals surface area contributed by atoms with Crippen molar-refractivity contribution in [3.8, 4) is 45.6 Å². The molecule has 0 radical (unpaired) electrons. The Morgan fingerprint density at radius 2 is 1.33 bits per heavy atom. The Morgan fingerprint density at radius 1 is 0.673 bits per heavy atom. The van der Waals surface area contributed by atoms with E-state index in [-0.39, 0.29) is 32.3 Å². The lowest BCUT2D eigenvalue weighted by atomic mass is 9.97. The molecule has 0 aliphatic carbocycles. The van der Waals surface area contributed by atoms with Gasteiger partial charge < -0.3 is 54.5 Å². The number of fused-ring (bicyclic) bond motifs is 1. The molecule has 0 saturated heterocycles. The van der Waals surface area contributed by atoms with Gasteiger partial charge in [-0.2, -0.15) is 0 Å². The maximum atomic E-state index is 12.6. The van der Waals surface area contributed by atoms with Gasteiger partial charge in [0.25, 0.3) is 5.91 Å². The van der Waals surface area contributed by atoms with Crippen LogP contribution in [0.15, 0.2) is 77.3 Å². The number of nitrogens with zero attached hydrogens (tertiary/aromatic N) is 1. The van der Waals surface area contributed by atoms with Crippen LogP contribution in [0.1, 0.15) is 76.4 Å². The van der Waals surface area contributed by atoms with Crippen molar-refractivity contribution in [1.82, 2.24) is 10.5 Å². The van der Waals surface area contributed by atoms with Crippen LogP contribution in [0.4, 0.5) is 5.69 Å². The summed E-state index contributed by atoms with van der Waals surface area (Å²) in [5.74, 6) is 2.36. The van der Waals surface area contributed by atoms with E-state index in [1.54, 1.807) is 50.6 Å². The summed E-state index contributed by atoms with van der Waals surface area (Å²) in [5, 5.41) is 49.9. The molecule has 2 heterocycles. The Morgan fingerprint density at radius 3 is 1.98 bits per heavy atom. The van der Waals surface area contributed by atoms with Crippen molar-refractivity contribution in [3.05, 3.63) is 106 Å². The minimum absolute atomic E-state index is 0.146. The Labute approximate surface area is 319 Å². The number of hydrogen-bond donors (Lipinski definition) is 6. The van der Waals surface area contributed by atoms with Gasteiger partial charge in [0.05, 0.1) is 59.4 Å². The molecule has 290 valence electrons. The molecule has 0 fully saturated rings. The number of methoxy groups -OCH3 is 2. The quantitative estimate of drug-likeness (QED) is 0.0522. The summed E-state index contributed by atoms with van der Waals surface area (Å²) in [6, 6.07) is 21.7. The van der Waals surface area contributed by atoms with E-state index in [4.69, 9.17) is 23.5 Å². The number of anilines is 1. The molecule has 6 N–H and O–H groups in total. The summed E-state index contributed by atoms with van der Waals surface area (Å²) < 4.78 is 29.1. The SMILES string of the molecule is COc1cc(-c2cc(-c3cc(CO)c(CO)c(CO)c3)on2)cc(OC)c1OCCCCCCCOc1ccc(C2NC(=O)c3ccccc3N2)cc1CO. The molecule has 1 atom stereocenters. The van der Waals surface area contributed by atoms with Crippen LogP contribution in [-0.4, -0.2) is 58.9 Å². The number of ether oxygens (including phenoxy) is 4. The largest absolute Gasteiger partial charge is 0.493 e. The molecule has 5 aromatic rings. The zero-order chi connectivity index (χ0) is 38.7. The number of rotatable bonds is 19. The van der Waals surface area contributed by atoms with Gasteiger partial charge >= 0.3 is 0 Å². The van der Waals surface area contributed by atoms with Crippen molar-refractivity contribution < 1.29 is 48.7 Å². The summed E-state index contributed by atoms with van der Waals surface area (Å²) in [4.78, 5) is 12.6.